The van der Waals surface area contributed by atoms with Gasteiger partial charge in [-0.2, -0.15) is 0 Å². The predicted octanol–water partition coefficient (Wildman–Crippen LogP) is 4.11. The molecular weight excluding hydrogens is 351 g/mol. The van der Waals surface area contributed by atoms with E-state index in [-0.39, 0.29) is 11.7 Å². The van der Waals surface area contributed by atoms with Crippen molar-refractivity contribution in [1.29, 1.82) is 0 Å². The second-order valence-corrected chi connectivity index (χ2v) is 7.53. The van der Waals surface area contributed by atoms with Gasteiger partial charge in [-0.3, -0.25) is 9.69 Å². The number of piperazine rings is 1. The molecule has 0 radical (unpaired) electrons. The molecule has 1 amide bonds. The predicted molar refractivity (Wildman–Crippen MR) is 99.6 cm³/mol. The van der Waals surface area contributed by atoms with Crippen LogP contribution < -0.4 is 0 Å². The molecule has 0 bridgehead atoms. The van der Waals surface area contributed by atoms with E-state index in [0.29, 0.717) is 18.7 Å². The van der Waals surface area contributed by atoms with Crippen molar-refractivity contribution in [2.75, 3.05) is 26.2 Å². The zero-order valence-corrected chi connectivity index (χ0v) is 15.0. The summed E-state index contributed by atoms with van der Waals surface area (Å²) in [6.45, 7) is 3.97. The monoisotopic (exact) mass is 370 g/mol. The van der Waals surface area contributed by atoms with Crippen LogP contribution in [-0.4, -0.2) is 41.9 Å². The van der Waals surface area contributed by atoms with Crippen LogP contribution in [0.1, 0.15) is 15.2 Å². The average Bonchev–Trinajstić information content (AvgIpc) is 3.34. The van der Waals surface area contributed by atoms with Crippen LogP contribution in [0.25, 0.3) is 10.4 Å². The second kappa shape index (κ2) is 7.43. The number of rotatable bonds is 4. The van der Waals surface area contributed by atoms with Gasteiger partial charge in [0.25, 0.3) is 5.91 Å². The second-order valence-electron chi connectivity index (χ2n) is 6.36. The molecule has 1 aliphatic heterocycles. The van der Waals surface area contributed by atoms with E-state index in [1.54, 1.807) is 29.5 Å². The molecule has 2 aromatic heterocycles. The van der Waals surface area contributed by atoms with Gasteiger partial charge in [-0.25, -0.2) is 4.39 Å². The van der Waals surface area contributed by atoms with Gasteiger partial charge in [-0.15, -0.1) is 11.3 Å². The summed E-state index contributed by atoms with van der Waals surface area (Å²) < 4.78 is 18.4. The fourth-order valence-electron chi connectivity index (χ4n) is 3.16. The van der Waals surface area contributed by atoms with Crippen molar-refractivity contribution in [2.45, 2.75) is 6.54 Å². The maximum Gasteiger partial charge on any atom is 0.257 e. The highest BCUT2D eigenvalue weighted by molar-refractivity contribution is 7.15. The molecule has 0 spiro atoms. The Balaban J connectivity index is 1.34. The Morgan fingerprint density at radius 2 is 1.96 bits per heavy atom. The van der Waals surface area contributed by atoms with Gasteiger partial charge in [0, 0.05) is 42.5 Å². The van der Waals surface area contributed by atoms with Crippen molar-refractivity contribution in [1.82, 2.24) is 9.80 Å². The first-order valence-corrected chi connectivity index (χ1v) is 9.39. The highest BCUT2D eigenvalue weighted by Crippen LogP contribution is 2.29. The van der Waals surface area contributed by atoms with Gasteiger partial charge in [-0.1, -0.05) is 12.1 Å². The van der Waals surface area contributed by atoms with Crippen molar-refractivity contribution in [2.24, 2.45) is 0 Å². The summed E-state index contributed by atoms with van der Waals surface area (Å²) in [5.41, 5.74) is 1.52. The van der Waals surface area contributed by atoms with E-state index in [1.165, 1.54) is 23.5 Å². The molecule has 4 nitrogen and oxygen atoms in total. The fraction of sp³-hybridized carbons (Fsp3) is 0.250. The Kier molecular flexibility index (Phi) is 4.86. The Morgan fingerprint density at radius 3 is 2.69 bits per heavy atom. The van der Waals surface area contributed by atoms with Crippen LogP contribution >= 0.6 is 11.3 Å². The molecule has 3 heterocycles. The molecule has 134 valence electrons. The first kappa shape index (κ1) is 17.0. The maximum atomic E-state index is 13.4. The number of amides is 1. The van der Waals surface area contributed by atoms with Crippen molar-refractivity contribution >= 4 is 17.2 Å². The van der Waals surface area contributed by atoms with Crippen molar-refractivity contribution in [3.8, 4) is 10.4 Å². The number of thiophene rings is 1. The largest absolute Gasteiger partial charge is 0.472 e. The summed E-state index contributed by atoms with van der Waals surface area (Å²) in [5.74, 6) is -0.182. The molecule has 1 saturated heterocycles. The number of nitrogens with zero attached hydrogens (tertiary/aromatic N) is 2. The first-order valence-electron chi connectivity index (χ1n) is 8.57. The zero-order valence-electron chi connectivity index (χ0n) is 14.2. The Bertz CT molecular complexity index is 883. The van der Waals surface area contributed by atoms with Gasteiger partial charge in [-0.05, 0) is 35.9 Å². The summed E-state index contributed by atoms with van der Waals surface area (Å²) in [6, 6.07) is 12.5. The Hall–Kier alpha value is -2.44. The van der Waals surface area contributed by atoms with Crippen LogP contribution in [-0.2, 0) is 6.54 Å². The third kappa shape index (κ3) is 3.71. The molecular formula is C20H19FN2O2S. The quantitative estimate of drug-likeness (QED) is 0.694. The minimum atomic E-state index is -0.212. The lowest BCUT2D eigenvalue weighted by molar-refractivity contribution is 0.0629. The molecule has 3 aromatic rings. The van der Waals surface area contributed by atoms with Gasteiger partial charge in [0.05, 0.1) is 11.8 Å². The van der Waals surface area contributed by atoms with E-state index >= 15 is 0 Å². The average molecular weight is 370 g/mol. The van der Waals surface area contributed by atoms with Crippen LogP contribution in [0.15, 0.2) is 59.4 Å². The van der Waals surface area contributed by atoms with E-state index in [0.717, 1.165) is 30.1 Å². The summed E-state index contributed by atoms with van der Waals surface area (Å²) >= 11 is 1.69. The van der Waals surface area contributed by atoms with E-state index < -0.39 is 0 Å². The van der Waals surface area contributed by atoms with Crippen LogP contribution in [0.2, 0.25) is 0 Å². The van der Waals surface area contributed by atoms with E-state index in [1.807, 2.05) is 17.0 Å². The number of carbonyl (C=O) groups is 1. The smallest absolute Gasteiger partial charge is 0.257 e. The molecule has 0 atom stereocenters. The van der Waals surface area contributed by atoms with E-state index in [4.69, 9.17) is 4.42 Å². The Morgan fingerprint density at radius 1 is 1.12 bits per heavy atom. The van der Waals surface area contributed by atoms with Gasteiger partial charge >= 0.3 is 0 Å². The van der Waals surface area contributed by atoms with Gasteiger partial charge in [0.1, 0.15) is 12.1 Å². The van der Waals surface area contributed by atoms with Crippen LogP contribution in [0.4, 0.5) is 4.39 Å². The molecule has 1 aliphatic rings. The molecule has 0 unspecified atom stereocenters. The van der Waals surface area contributed by atoms with Crippen LogP contribution in [0, 0.1) is 5.82 Å². The number of furan rings is 1. The van der Waals surface area contributed by atoms with Gasteiger partial charge in [0.15, 0.2) is 0 Å². The van der Waals surface area contributed by atoms with E-state index in [2.05, 4.69) is 11.0 Å². The number of hydrogen-bond acceptors (Lipinski definition) is 4. The first-order chi connectivity index (χ1) is 12.7. The lowest BCUT2D eigenvalue weighted by Crippen LogP contribution is -2.48. The van der Waals surface area contributed by atoms with Crippen molar-refractivity contribution < 1.29 is 13.6 Å². The van der Waals surface area contributed by atoms with Gasteiger partial charge in [0.2, 0.25) is 0 Å². The number of halogens is 1. The molecule has 1 fully saturated rings. The molecule has 6 heteroatoms. The molecule has 0 aliphatic carbocycles. The third-order valence-electron chi connectivity index (χ3n) is 4.58. The molecule has 26 heavy (non-hydrogen) atoms. The summed E-state index contributed by atoms with van der Waals surface area (Å²) in [5, 5.41) is 0. The van der Waals surface area contributed by atoms with Crippen molar-refractivity contribution in [3.63, 3.8) is 0 Å². The van der Waals surface area contributed by atoms with Crippen LogP contribution in [0.5, 0.6) is 0 Å². The summed E-state index contributed by atoms with van der Waals surface area (Å²) in [7, 11) is 0. The SMILES string of the molecule is O=C(c1ccoc1)N1CCN(Cc2ccc(-c3cccc(F)c3)s2)CC1. The fourth-order valence-corrected chi connectivity index (χ4v) is 4.20. The topological polar surface area (TPSA) is 36.7 Å². The standard InChI is InChI=1S/C20H19FN2O2S/c21-17-3-1-2-15(12-17)19-5-4-18(26-19)13-22-7-9-23(10-8-22)20(24)16-6-11-25-14-16/h1-6,11-12,14H,7-10,13H2. The van der Waals surface area contributed by atoms with Crippen molar-refractivity contribution in [3.05, 3.63) is 71.2 Å². The third-order valence-corrected chi connectivity index (χ3v) is 5.70. The highest BCUT2D eigenvalue weighted by Gasteiger charge is 2.23. The lowest BCUT2D eigenvalue weighted by atomic mass is 10.2. The number of carbonyl (C=O) groups excluding carboxylic acids is 1. The minimum Gasteiger partial charge on any atom is -0.472 e. The summed E-state index contributed by atoms with van der Waals surface area (Å²) in [6.07, 6.45) is 3.02. The summed E-state index contributed by atoms with van der Waals surface area (Å²) in [4.78, 5) is 18.9. The van der Waals surface area contributed by atoms with Crippen LogP contribution in [0.3, 0.4) is 0 Å². The number of benzene rings is 1. The molecule has 0 N–H and O–H groups in total. The highest BCUT2D eigenvalue weighted by atomic mass is 32.1. The molecule has 4 rings (SSSR count). The lowest BCUT2D eigenvalue weighted by Gasteiger charge is -2.34. The normalized spacial score (nSPS) is 15.3. The zero-order chi connectivity index (χ0) is 17.9. The minimum absolute atomic E-state index is 0.0305. The molecule has 1 aromatic carbocycles. The van der Waals surface area contributed by atoms with Gasteiger partial charge < -0.3 is 9.32 Å². The molecule has 0 saturated carbocycles. The van der Waals surface area contributed by atoms with E-state index in [9.17, 15) is 9.18 Å². The Labute approximate surface area is 155 Å². The maximum absolute atomic E-state index is 13.4. The number of hydrogen-bond donors (Lipinski definition) is 0.